The average Bonchev–Trinajstić information content (AvgIpc) is 3.47. The average molecular weight is 409 g/mol. The van der Waals surface area contributed by atoms with Crippen LogP contribution in [-0.4, -0.2) is 28.3 Å². The third kappa shape index (κ3) is 3.56. The Morgan fingerprint density at radius 1 is 1.21 bits per heavy atom. The van der Waals surface area contributed by atoms with Gasteiger partial charge in [-0.1, -0.05) is 18.2 Å². The molecular formula is C22H19NO5S. The first-order chi connectivity index (χ1) is 14.1. The fraction of sp³-hybridized carbons (Fsp3) is 0.182. The Morgan fingerprint density at radius 3 is 2.76 bits per heavy atom. The van der Waals surface area contributed by atoms with Crippen LogP contribution in [0.5, 0.6) is 5.75 Å². The minimum atomic E-state index is -0.714. The third-order valence-corrected chi connectivity index (χ3v) is 5.60. The predicted molar refractivity (Wildman–Crippen MR) is 108 cm³/mol. The number of amides is 1. The highest BCUT2D eigenvalue weighted by Gasteiger charge is 2.46. The molecule has 1 aliphatic heterocycles. The number of likely N-dealkylation sites (tertiary alicyclic amines) is 1. The Balaban J connectivity index is 1.81. The maximum atomic E-state index is 12.9. The number of aliphatic hydroxyl groups is 1. The summed E-state index contributed by atoms with van der Waals surface area (Å²) in [6.45, 7) is 2.48. The van der Waals surface area contributed by atoms with Crippen LogP contribution >= 0.6 is 11.3 Å². The Kier molecular flexibility index (Phi) is 5.22. The van der Waals surface area contributed by atoms with Crippen LogP contribution in [0, 0.1) is 0 Å². The van der Waals surface area contributed by atoms with Gasteiger partial charge in [0.15, 0.2) is 0 Å². The van der Waals surface area contributed by atoms with E-state index in [4.69, 9.17) is 9.15 Å². The SMILES string of the molecule is CCOc1cccc(/C(O)=C2/C(=O)C(=O)N(Cc3ccco3)C2c2cccs2)c1. The van der Waals surface area contributed by atoms with Crippen molar-refractivity contribution in [1.82, 2.24) is 4.90 Å². The second-order valence-electron chi connectivity index (χ2n) is 6.48. The van der Waals surface area contributed by atoms with Gasteiger partial charge < -0.3 is 19.2 Å². The number of hydrogen-bond donors (Lipinski definition) is 1. The first kappa shape index (κ1) is 19.0. The van der Waals surface area contributed by atoms with Crippen molar-refractivity contribution in [2.24, 2.45) is 0 Å². The van der Waals surface area contributed by atoms with E-state index in [1.54, 1.807) is 36.4 Å². The number of hydrogen-bond acceptors (Lipinski definition) is 6. The standard InChI is InChI=1S/C22H19NO5S/c1-2-27-15-7-3-6-14(12-15)20(24)18-19(17-9-5-11-29-17)23(22(26)21(18)25)13-16-8-4-10-28-16/h3-12,19,24H,2,13H2,1H3/b20-18-. The largest absolute Gasteiger partial charge is 0.507 e. The molecule has 6 nitrogen and oxygen atoms in total. The highest BCUT2D eigenvalue weighted by Crippen LogP contribution is 2.42. The molecule has 1 atom stereocenters. The molecule has 0 spiro atoms. The summed E-state index contributed by atoms with van der Waals surface area (Å²) in [6, 6.07) is 13.3. The van der Waals surface area contributed by atoms with Crippen molar-refractivity contribution in [2.45, 2.75) is 19.5 Å². The number of Topliss-reactive ketones (excluding diaryl/α,β-unsaturated/α-hetero) is 1. The lowest BCUT2D eigenvalue weighted by atomic mass is 9.99. The molecule has 29 heavy (non-hydrogen) atoms. The number of benzene rings is 1. The molecule has 1 N–H and O–H groups in total. The summed E-state index contributed by atoms with van der Waals surface area (Å²) in [4.78, 5) is 28.0. The van der Waals surface area contributed by atoms with Crippen LogP contribution < -0.4 is 4.74 Å². The van der Waals surface area contributed by atoms with Gasteiger partial charge in [-0.25, -0.2) is 0 Å². The quantitative estimate of drug-likeness (QED) is 0.372. The van der Waals surface area contributed by atoms with Gasteiger partial charge in [-0.05, 0) is 42.6 Å². The zero-order valence-electron chi connectivity index (χ0n) is 15.7. The monoisotopic (exact) mass is 409 g/mol. The number of ketones is 1. The van der Waals surface area contributed by atoms with Crippen molar-refractivity contribution in [2.75, 3.05) is 6.61 Å². The highest BCUT2D eigenvalue weighted by molar-refractivity contribution is 7.10. The molecule has 3 heterocycles. The van der Waals surface area contributed by atoms with E-state index in [0.29, 0.717) is 23.7 Å². The van der Waals surface area contributed by atoms with Crippen LogP contribution in [0.2, 0.25) is 0 Å². The van der Waals surface area contributed by atoms with Gasteiger partial charge in [-0.15, -0.1) is 11.3 Å². The third-order valence-electron chi connectivity index (χ3n) is 4.68. The first-order valence-corrected chi connectivity index (χ1v) is 10.1. The van der Waals surface area contributed by atoms with Gasteiger partial charge in [-0.2, -0.15) is 0 Å². The maximum Gasteiger partial charge on any atom is 0.296 e. The van der Waals surface area contributed by atoms with Crippen LogP contribution in [0.4, 0.5) is 0 Å². The molecule has 1 aromatic carbocycles. The molecule has 1 fully saturated rings. The molecule has 1 aliphatic rings. The lowest BCUT2D eigenvalue weighted by Crippen LogP contribution is -2.28. The van der Waals surface area contributed by atoms with Crippen molar-refractivity contribution in [3.05, 3.63) is 81.9 Å². The number of aliphatic hydroxyl groups excluding tert-OH is 1. The van der Waals surface area contributed by atoms with Crippen LogP contribution in [0.15, 0.2) is 70.2 Å². The number of ether oxygens (including phenoxy) is 1. The Labute approximate surface area is 171 Å². The van der Waals surface area contributed by atoms with E-state index in [1.807, 2.05) is 24.4 Å². The number of rotatable bonds is 6. The Morgan fingerprint density at radius 2 is 2.07 bits per heavy atom. The second-order valence-corrected chi connectivity index (χ2v) is 7.46. The van der Waals surface area contributed by atoms with E-state index in [9.17, 15) is 14.7 Å². The minimum absolute atomic E-state index is 0.0673. The van der Waals surface area contributed by atoms with Crippen LogP contribution in [-0.2, 0) is 16.1 Å². The number of thiophene rings is 1. The van der Waals surface area contributed by atoms with Gasteiger partial charge >= 0.3 is 0 Å². The van der Waals surface area contributed by atoms with Crippen molar-refractivity contribution in [1.29, 1.82) is 0 Å². The molecule has 148 valence electrons. The minimum Gasteiger partial charge on any atom is -0.507 e. The molecule has 0 radical (unpaired) electrons. The first-order valence-electron chi connectivity index (χ1n) is 9.17. The molecular weight excluding hydrogens is 390 g/mol. The summed E-state index contributed by atoms with van der Waals surface area (Å²) < 4.78 is 10.9. The summed E-state index contributed by atoms with van der Waals surface area (Å²) in [5, 5.41) is 12.9. The van der Waals surface area contributed by atoms with Gasteiger partial charge in [0.1, 0.15) is 23.3 Å². The molecule has 0 saturated carbocycles. The van der Waals surface area contributed by atoms with Gasteiger partial charge in [0.05, 0.1) is 25.0 Å². The molecule has 4 rings (SSSR count). The molecule has 7 heteroatoms. The fourth-order valence-corrected chi connectivity index (χ4v) is 4.26. The molecule has 2 aromatic heterocycles. The predicted octanol–water partition coefficient (Wildman–Crippen LogP) is 4.36. The molecule has 0 bridgehead atoms. The van der Waals surface area contributed by atoms with E-state index in [2.05, 4.69) is 0 Å². The smallest absolute Gasteiger partial charge is 0.296 e. The van der Waals surface area contributed by atoms with Gasteiger partial charge in [0, 0.05) is 10.4 Å². The second kappa shape index (κ2) is 7.97. The number of nitrogens with zero attached hydrogens (tertiary/aromatic N) is 1. The van der Waals surface area contributed by atoms with E-state index >= 15 is 0 Å². The van der Waals surface area contributed by atoms with Crippen molar-refractivity contribution in [3.8, 4) is 5.75 Å². The van der Waals surface area contributed by atoms with Crippen molar-refractivity contribution >= 4 is 28.8 Å². The summed E-state index contributed by atoms with van der Waals surface area (Å²) in [5.74, 6) is -0.456. The lowest BCUT2D eigenvalue weighted by molar-refractivity contribution is -0.140. The zero-order valence-corrected chi connectivity index (χ0v) is 16.5. The topological polar surface area (TPSA) is 80.0 Å². The molecule has 0 aliphatic carbocycles. The Hall–Kier alpha value is -3.32. The van der Waals surface area contributed by atoms with Crippen molar-refractivity contribution in [3.63, 3.8) is 0 Å². The molecule has 3 aromatic rings. The summed E-state index contributed by atoms with van der Waals surface area (Å²) in [6.07, 6.45) is 1.52. The molecule has 1 amide bonds. The molecule has 1 unspecified atom stereocenters. The maximum absolute atomic E-state index is 12.9. The van der Waals surface area contributed by atoms with Gasteiger partial charge in [0.2, 0.25) is 0 Å². The number of carbonyl (C=O) groups excluding carboxylic acids is 2. The highest BCUT2D eigenvalue weighted by atomic mass is 32.1. The molecule has 1 saturated heterocycles. The van der Waals surface area contributed by atoms with Crippen LogP contribution in [0.1, 0.15) is 29.2 Å². The summed E-state index contributed by atoms with van der Waals surface area (Å²) in [7, 11) is 0. The van der Waals surface area contributed by atoms with Gasteiger partial charge in [-0.3, -0.25) is 9.59 Å². The number of carbonyl (C=O) groups is 2. The lowest BCUT2D eigenvalue weighted by Gasteiger charge is -2.23. The van der Waals surface area contributed by atoms with E-state index in [0.717, 1.165) is 4.88 Å². The van der Waals surface area contributed by atoms with E-state index in [1.165, 1.54) is 22.5 Å². The zero-order chi connectivity index (χ0) is 20.4. The summed E-state index contributed by atoms with van der Waals surface area (Å²) >= 11 is 1.42. The van der Waals surface area contributed by atoms with Gasteiger partial charge in [0.25, 0.3) is 11.7 Å². The number of furan rings is 1. The van der Waals surface area contributed by atoms with E-state index in [-0.39, 0.29) is 17.9 Å². The normalized spacial score (nSPS) is 18.4. The summed E-state index contributed by atoms with van der Waals surface area (Å²) in [5.41, 5.74) is 0.492. The van der Waals surface area contributed by atoms with Crippen molar-refractivity contribution < 1.29 is 23.8 Å². The van der Waals surface area contributed by atoms with Crippen LogP contribution in [0.3, 0.4) is 0 Å². The fourth-order valence-electron chi connectivity index (χ4n) is 3.41. The van der Waals surface area contributed by atoms with E-state index < -0.39 is 17.7 Å². The van der Waals surface area contributed by atoms with Crippen LogP contribution in [0.25, 0.3) is 5.76 Å². The Bertz CT molecular complexity index is 1050.